The second kappa shape index (κ2) is 4.39. The van der Waals surface area contributed by atoms with E-state index in [2.05, 4.69) is 21.4 Å². The minimum Gasteiger partial charge on any atom is -0.329 e. The van der Waals surface area contributed by atoms with Gasteiger partial charge in [0.25, 0.3) is 0 Å². The number of thiazole rings is 1. The first-order valence-electron chi connectivity index (χ1n) is 5.86. The van der Waals surface area contributed by atoms with Gasteiger partial charge in [-0.25, -0.2) is 9.97 Å². The topological polar surface area (TPSA) is 61.6 Å². The Morgan fingerprint density at radius 2 is 2.28 bits per heavy atom. The van der Waals surface area contributed by atoms with E-state index in [1.165, 1.54) is 24.2 Å². The number of pyridine rings is 1. The summed E-state index contributed by atoms with van der Waals surface area (Å²) in [5.41, 5.74) is 4.38. The lowest BCUT2D eigenvalue weighted by Crippen LogP contribution is -1.99. The van der Waals surface area contributed by atoms with Gasteiger partial charge in [0, 0.05) is 11.6 Å². The van der Waals surface area contributed by atoms with Crippen molar-refractivity contribution in [2.75, 3.05) is 5.32 Å². The van der Waals surface area contributed by atoms with E-state index < -0.39 is 0 Å². The van der Waals surface area contributed by atoms with Gasteiger partial charge < -0.3 is 5.32 Å². The molecule has 90 valence electrons. The van der Waals surface area contributed by atoms with Crippen LogP contribution < -0.4 is 5.32 Å². The number of anilines is 2. The van der Waals surface area contributed by atoms with Gasteiger partial charge in [-0.15, -0.1) is 11.3 Å². The third-order valence-electron chi connectivity index (χ3n) is 3.01. The van der Waals surface area contributed by atoms with Crippen molar-refractivity contribution in [3.63, 3.8) is 0 Å². The molecule has 0 aliphatic heterocycles. The van der Waals surface area contributed by atoms with E-state index in [0.29, 0.717) is 17.3 Å². The molecule has 4 nitrogen and oxygen atoms in total. The predicted molar refractivity (Wildman–Crippen MR) is 71.1 cm³/mol. The molecule has 5 heteroatoms. The summed E-state index contributed by atoms with van der Waals surface area (Å²) < 4.78 is 0. The summed E-state index contributed by atoms with van der Waals surface area (Å²) in [6.45, 7) is 1.94. The zero-order valence-corrected chi connectivity index (χ0v) is 10.8. The molecule has 0 amide bonds. The summed E-state index contributed by atoms with van der Waals surface area (Å²) in [6, 6.07) is 5.98. The summed E-state index contributed by atoms with van der Waals surface area (Å²) in [7, 11) is 0. The molecular weight excluding hydrogens is 244 g/mol. The average molecular weight is 256 g/mol. The number of aromatic nitrogens is 2. The maximum absolute atomic E-state index is 9.12. The Bertz CT molecular complexity index is 622. The van der Waals surface area contributed by atoms with E-state index in [1.54, 1.807) is 5.51 Å². The van der Waals surface area contributed by atoms with Crippen molar-refractivity contribution in [2.24, 2.45) is 0 Å². The lowest BCUT2D eigenvalue weighted by Gasteiger charge is -2.07. The van der Waals surface area contributed by atoms with Crippen molar-refractivity contribution in [3.05, 3.63) is 34.6 Å². The van der Waals surface area contributed by atoms with Crippen molar-refractivity contribution in [2.45, 2.75) is 25.7 Å². The highest BCUT2D eigenvalue weighted by atomic mass is 32.1. The molecule has 0 atom stereocenters. The highest BCUT2D eigenvalue weighted by molar-refractivity contribution is 7.14. The van der Waals surface area contributed by atoms with Crippen LogP contribution in [0.5, 0.6) is 0 Å². The standard InChI is InChI=1S/C13H12N4S/c1-8-13(18-7-15-8)17-12-10(6-14)4-5-11(16-12)9-2-3-9/h4-5,7,9H,2-3H2,1H3,(H,16,17). The first-order chi connectivity index (χ1) is 8.78. The van der Waals surface area contributed by atoms with E-state index in [0.717, 1.165) is 16.4 Å². The van der Waals surface area contributed by atoms with Gasteiger partial charge >= 0.3 is 0 Å². The van der Waals surface area contributed by atoms with Crippen LogP contribution in [0.2, 0.25) is 0 Å². The molecule has 1 aliphatic rings. The molecule has 2 aromatic rings. The Kier molecular flexibility index (Phi) is 2.73. The van der Waals surface area contributed by atoms with Gasteiger partial charge in [0.15, 0.2) is 0 Å². The van der Waals surface area contributed by atoms with Crippen LogP contribution in [0.25, 0.3) is 0 Å². The fourth-order valence-electron chi connectivity index (χ4n) is 1.80. The molecule has 0 bridgehead atoms. The fourth-order valence-corrected chi connectivity index (χ4v) is 2.49. The SMILES string of the molecule is Cc1ncsc1Nc1nc(C2CC2)ccc1C#N. The Morgan fingerprint density at radius 3 is 2.89 bits per heavy atom. The zero-order chi connectivity index (χ0) is 12.5. The lowest BCUT2D eigenvalue weighted by atomic mass is 10.2. The number of aryl methyl sites for hydroxylation is 1. The second-order valence-corrected chi connectivity index (χ2v) is 5.27. The molecule has 0 radical (unpaired) electrons. The van der Waals surface area contributed by atoms with Crippen LogP contribution >= 0.6 is 11.3 Å². The molecule has 0 aromatic carbocycles. The van der Waals surface area contributed by atoms with Crippen molar-refractivity contribution in [1.82, 2.24) is 9.97 Å². The summed E-state index contributed by atoms with van der Waals surface area (Å²) in [5.74, 6) is 1.23. The maximum atomic E-state index is 9.12. The normalized spacial score (nSPS) is 14.2. The minimum atomic E-state index is 0.576. The predicted octanol–water partition coefficient (Wildman–Crippen LogP) is 3.34. The van der Waals surface area contributed by atoms with E-state index in [-0.39, 0.29) is 0 Å². The van der Waals surface area contributed by atoms with Crippen LogP contribution in [0.15, 0.2) is 17.6 Å². The molecule has 0 spiro atoms. The van der Waals surface area contributed by atoms with Crippen LogP contribution in [-0.4, -0.2) is 9.97 Å². The molecule has 1 fully saturated rings. The fraction of sp³-hybridized carbons (Fsp3) is 0.308. The van der Waals surface area contributed by atoms with Gasteiger partial charge in [-0.05, 0) is 31.9 Å². The van der Waals surface area contributed by atoms with Crippen LogP contribution in [-0.2, 0) is 0 Å². The number of hydrogen-bond acceptors (Lipinski definition) is 5. The van der Waals surface area contributed by atoms with Crippen molar-refractivity contribution < 1.29 is 0 Å². The van der Waals surface area contributed by atoms with E-state index >= 15 is 0 Å². The summed E-state index contributed by atoms with van der Waals surface area (Å²) in [5, 5.41) is 13.3. The van der Waals surface area contributed by atoms with Crippen molar-refractivity contribution >= 4 is 22.2 Å². The molecule has 1 aliphatic carbocycles. The first kappa shape index (κ1) is 11.2. The number of nitrogens with zero attached hydrogens (tertiary/aromatic N) is 3. The molecule has 18 heavy (non-hydrogen) atoms. The molecule has 0 saturated heterocycles. The van der Waals surface area contributed by atoms with Gasteiger partial charge in [0.05, 0.1) is 16.8 Å². The Labute approximate surface area is 109 Å². The quantitative estimate of drug-likeness (QED) is 0.914. The Hall–Kier alpha value is -1.93. The number of nitrogens with one attached hydrogen (secondary N) is 1. The summed E-state index contributed by atoms with van der Waals surface area (Å²) in [4.78, 5) is 8.75. The Morgan fingerprint density at radius 1 is 1.44 bits per heavy atom. The van der Waals surface area contributed by atoms with Crippen molar-refractivity contribution in [1.29, 1.82) is 5.26 Å². The van der Waals surface area contributed by atoms with E-state index in [9.17, 15) is 0 Å². The van der Waals surface area contributed by atoms with Crippen LogP contribution in [0.3, 0.4) is 0 Å². The van der Waals surface area contributed by atoms with Crippen LogP contribution in [0.4, 0.5) is 10.8 Å². The zero-order valence-electron chi connectivity index (χ0n) is 9.97. The van der Waals surface area contributed by atoms with Crippen LogP contribution in [0.1, 0.15) is 35.7 Å². The molecule has 3 rings (SSSR count). The number of rotatable bonds is 3. The number of hydrogen-bond donors (Lipinski definition) is 1. The smallest absolute Gasteiger partial charge is 0.149 e. The molecule has 2 aromatic heterocycles. The molecular formula is C13H12N4S. The van der Waals surface area contributed by atoms with Crippen molar-refractivity contribution in [3.8, 4) is 6.07 Å². The lowest BCUT2D eigenvalue weighted by molar-refractivity contribution is 1.02. The van der Waals surface area contributed by atoms with E-state index in [1.807, 2.05) is 19.1 Å². The minimum absolute atomic E-state index is 0.576. The molecule has 1 saturated carbocycles. The highest BCUT2D eigenvalue weighted by Crippen LogP contribution is 2.40. The van der Waals surface area contributed by atoms with Gasteiger partial charge in [-0.1, -0.05) is 0 Å². The molecule has 2 heterocycles. The third kappa shape index (κ3) is 2.07. The first-order valence-corrected chi connectivity index (χ1v) is 6.74. The van der Waals surface area contributed by atoms with Gasteiger partial charge in [0.2, 0.25) is 0 Å². The van der Waals surface area contributed by atoms with E-state index in [4.69, 9.17) is 5.26 Å². The highest BCUT2D eigenvalue weighted by Gasteiger charge is 2.25. The number of nitriles is 1. The average Bonchev–Trinajstić information content (AvgIpc) is 3.15. The maximum Gasteiger partial charge on any atom is 0.149 e. The largest absolute Gasteiger partial charge is 0.329 e. The monoisotopic (exact) mass is 256 g/mol. The van der Waals surface area contributed by atoms with Gasteiger partial charge in [0.1, 0.15) is 16.9 Å². The molecule has 0 unspecified atom stereocenters. The summed E-state index contributed by atoms with van der Waals surface area (Å²) >= 11 is 1.52. The summed E-state index contributed by atoms with van der Waals surface area (Å²) in [6.07, 6.45) is 2.41. The van der Waals surface area contributed by atoms with Gasteiger partial charge in [-0.2, -0.15) is 5.26 Å². The third-order valence-corrected chi connectivity index (χ3v) is 3.85. The Balaban J connectivity index is 1.96. The second-order valence-electron chi connectivity index (χ2n) is 4.41. The van der Waals surface area contributed by atoms with Gasteiger partial charge in [-0.3, -0.25) is 0 Å². The molecule has 1 N–H and O–H groups in total. The van der Waals surface area contributed by atoms with Crippen LogP contribution in [0, 0.1) is 18.3 Å².